The Labute approximate surface area is 142 Å². The maximum absolute atomic E-state index is 11.7. The summed E-state index contributed by atoms with van der Waals surface area (Å²) in [7, 11) is 0. The second-order valence-corrected chi connectivity index (χ2v) is 8.03. The van der Waals surface area contributed by atoms with Crippen LogP contribution in [-0.2, 0) is 11.2 Å². The van der Waals surface area contributed by atoms with Crippen molar-refractivity contribution in [2.45, 2.75) is 37.1 Å². The zero-order valence-electron chi connectivity index (χ0n) is 12.7. The second-order valence-electron chi connectivity index (χ2n) is 4.79. The molecule has 0 radical (unpaired) electrons. The van der Waals surface area contributed by atoms with E-state index in [1.807, 2.05) is 6.92 Å². The topological polar surface area (TPSA) is 66.9 Å². The highest BCUT2D eigenvalue weighted by molar-refractivity contribution is 8.01. The van der Waals surface area contributed by atoms with Gasteiger partial charge in [-0.25, -0.2) is 0 Å². The van der Waals surface area contributed by atoms with Crippen LogP contribution in [0, 0.1) is 0 Å². The molecule has 0 aromatic carbocycles. The Morgan fingerprint density at radius 3 is 3.05 bits per heavy atom. The minimum Gasteiger partial charge on any atom is -0.360 e. The van der Waals surface area contributed by atoms with Crippen LogP contribution in [0.25, 0.3) is 0 Å². The van der Waals surface area contributed by atoms with Gasteiger partial charge < -0.3 is 10.6 Å². The predicted molar refractivity (Wildman–Crippen MR) is 95.0 cm³/mol. The standard InChI is InChI=1S/C14H20N4OS3/c1-3-10(2)16-12(19)9-21-14-18-17-13(22-14)15-7-6-11-5-4-8-20-11/h4-5,8,10H,3,6-7,9H2,1-2H3,(H,15,17)(H,16,19). The fourth-order valence-corrected chi connectivity index (χ4v) is 3.93. The van der Waals surface area contributed by atoms with Crippen LogP contribution in [-0.4, -0.2) is 34.4 Å². The number of anilines is 1. The number of nitrogens with one attached hydrogen (secondary N) is 2. The number of aromatic nitrogens is 2. The maximum Gasteiger partial charge on any atom is 0.230 e. The lowest BCUT2D eigenvalue weighted by atomic mass is 10.3. The molecule has 5 nitrogen and oxygen atoms in total. The van der Waals surface area contributed by atoms with Gasteiger partial charge in [-0.1, -0.05) is 36.1 Å². The van der Waals surface area contributed by atoms with Crippen molar-refractivity contribution in [2.24, 2.45) is 0 Å². The molecular formula is C14H20N4OS3. The van der Waals surface area contributed by atoms with Crippen LogP contribution in [0.2, 0.25) is 0 Å². The zero-order chi connectivity index (χ0) is 15.8. The molecule has 0 saturated carbocycles. The van der Waals surface area contributed by atoms with Gasteiger partial charge in [0, 0.05) is 17.5 Å². The average molecular weight is 357 g/mol. The highest BCUT2D eigenvalue weighted by atomic mass is 32.2. The molecule has 0 aliphatic rings. The number of amides is 1. The molecule has 8 heteroatoms. The Hall–Kier alpha value is -1.12. The molecule has 0 fully saturated rings. The molecule has 1 atom stereocenters. The number of hydrogen-bond donors (Lipinski definition) is 2. The minimum atomic E-state index is 0.0433. The lowest BCUT2D eigenvalue weighted by Crippen LogP contribution is -2.33. The summed E-state index contributed by atoms with van der Waals surface area (Å²) in [5.74, 6) is 0.426. The van der Waals surface area contributed by atoms with Crippen LogP contribution in [0.5, 0.6) is 0 Å². The van der Waals surface area contributed by atoms with Crippen molar-refractivity contribution in [1.82, 2.24) is 15.5 Å². The molecule has 2 N–H and O–H groups in total. The summed E-state index contributed by atoms with van der Waals surface area (Å²) in [5.41, 5.74) is 0. The van der Waals surface area contributed by atoms with E-state index in [1.165, 1.54) is 28.0 Å². The van der Waals surface area contributed by atoms with Crippen LogP contribution in [0.4, 0.5) is 5.13 Å². The molecule has 2 aromatic heterocycles. The van der Waals surface area contributed by atoms with Gasteiger partial charge in [0.1, 0.15) is 0 Å². The molecule has 0 aliphatic heterocycles. The van der Waals surface area contributed by atoms with Gasteiger partial charge in [0.05, 0.1) is 5.75 Å². The van der Waals surface area contributed by atoms with Gasteiger partial charge >= 0.3 is 0 Å². The summed E-state index contributed by atoms with van der Waals surface area (Å²) in [6.07, 6.45) is 1.92. The third kappa shape index (κ3) is 5.94. The van der Waals surface area contributed by atoms with Crippen molar-refractivity contribution in [2.75, 3.05) is 17.6 Å². The summed E-state index contributed by atoms with van der Waals surface area (Å²) in [6, 6.07) is 4.41. The largest absolute Gasteiger partial charge is 0.360 e. The molecule has 2 heterocycles. The van der Waals surface area contributed by atoms with Crippen molar-refractivity contribution in [3.8, 4) is 0 Å². The predicted octanol–water partition coefficient (Wildman–Crippen LogP) is 3.26. The van der Waals surface area contributed by atoms with Gasteiger partial charge in [0.25, 0.3) is 0 Å². The third-order valence-electron chi connectivity index (χ3n) is 2.98. The van der Waals surface area contributed by atoms with Gasteiger partial charge in [0.2, 0.25) is 11.0 Å². The van der Waals surface area contributed by atoms with Crippen molar-refractivity contribution in [3.63, 3.8) is 0 Å². The summed E-state index contributed by atoms with van der Waals surface area (Å²) < 4.78 is 0.818. The molecule has 120 valence electrons. The normalized spacial score (nSPS) is 12.1. The average Bonchev–Trinajstić information content (AvgIpc) is 3.17. The van der Waals surface area contributed by atoms with E-state index in [0.29, 0.717) is 5.75 Å². The summed E-state index contributed by atoms with van der Waals surface area (Å²) in [6.45, 7) is 4.90. The first-order valence-corrected chi connectivity index (χ1v) is 9.87. The summed E-state index contributed by atoms with van der Waals surface area (Å²) in [5, 5.41) is 17.3. The Balaban J connectivity index is 1.68. The SMILES string of the molecule is CCC(C)NC(=O)CSc1nnc(NCCc2cccs2)s1. The van der Waals surface area contributed by atoms with Crippen LogP contribution in [0.15, 0.2) is 21.9 Å². The van der Waals surface area contributed by atoms with Crippen molar-refractivity contribution in [3.05, 3.63) is 22.4 Å². The second kappa shape index (κ2) is 9.12. The number of nitrogens with zero attached hydrogens (tertiary/aromatic N) is 2. The Morgan fingerprint density at radius 1 is 1.45 bits per heavy atom. The maximum atomic E-state index is 11.7. The molecule has 0 aliphatic carbocycles. The Bertz CT molecular complexity index is 570. The number of thiophene rings is 1. The molecule has 1 unspecified atom stereocenters. The van der Waals surface area contributed by atoms with E-state index >= 15 is 0 Å². The molecule has 2 aromatic rings. The van der Waals surface area contributed by atoms with Crippen LogP contribution in [0.3, 0.4) is 0 Å². The smallest absolute Gasteiger partial charge is 0.230 e. The Kier molecular flexibility index (Phi) is 7.14. The number of carbonyl (C=O) groups is 1. The van der Waals surface area contributed by atoms with Gasteiger partial charge in [-0.15, -0.1) is 21.5 Å². The van der Waals surface area contributed by atoms with Crippen molar-refractivity contribution >= 4 is 45.5 Å². The fourth-order valence-electron chi connectivity index (χ4n) is 1.63. The van der Waals surface area contributed by atoms with Gasteiger partial charge in [0.15, 0.2) is 4.34 Å². The molecule has 1 amide bonds. The minimum absolute atomic E-state index is 0.0433. The fraction of sp³-hybridized carbons (Fsp3) is 0.500. The van der Waals surface area contributed by atoms with Crippen molar-refractivity contribution < 1.29 is 4.79 Å². The first kappa shape index (κ1) is 17.2. The lowest BCUT2D eigenvalue weighted by molar-refractivity contribution is -0.119. The highest BCUT2D eigenvalue weighted by Gasteiger charge is 2.09. The summed E-state index contributed by atoms with van der Waals surface area (Å²) >= 11 is 4.68. The van der Waals surface area contributed by atoms with Gasteiger partial charge in [-0.2, -0.15) is 0 Å². The number of carbonyl (C=O) groups excluding carboxylic acids is 1. The molecule has 2 rings (SSSR count). The molecule has 0 saturated heterocycles. The molecule has 22 heavy (non-hydrogen) atoms. The van der Waals surface area contributed by atoms with Crippen LogP contribution in [0.1, 0.15) is 25.1 Å². The number of thioether (sulfide) groups is 1. The van der Waals surface area contributed by atoms with E-state index < -0.39 is 0 Å². The molecular weight excluding hydrogens is 336 g/mol. The van der Waals surface area contributed by atoms with Gasteiger partial charge in [-0.3, -0.25) is 4.79 Å². The quantitative estimate of drug-likeness (QED) is 0.675. The van der Waals surface area contributed by atoms with Gasteiger partial charge in [-0.05, 0) is 31.2 Å². The van der Waals surface area contributed by atoms with E-state index in [4.69, 9.17) is 0 Å². The zero-order valence-corrected chi connectivity index (χ0v) is 15.1. The van der Waals surface area contributed by atoms with E-state index in [1.54, 1.807) is 11.3 Å². The number of rotatable bonds is 9. The number of hydrogen-bond acceptors (Lipinski definition) is 7. The third-order valence-corrected chi connectivity index (χ3v) is 5.93. The van der Waals surface area contributed by atoms with Crippen molar-refractivity contribution in [1.29, 1.82) is 0 Å². The monoisotopic (exact) mass is 356 g/mol. The van der Waals surface area contributed by atoms with Crippen LogP contribution < -0.4 is 10.6 Å². The van der Waals surface area contributed by atoms with E-state index in [-0.39, 0.29) is 11.9 Å². The van der Waals surface area contributed by atoms with Crippen LogP contribution >= 0.6 is 34.4 Å². The van der Waals surface area contributed by atoms with E-state index in [2.05, 4.69) is 45.3 Å². The van der Waals surface area contributed by atoms with E-state index in [0.717, 1.165) is 28.9 Å². The summed E-state index contributed by atoms with van der Waals surface area (Å²) in [4.78, 5) is 13.1. The first-order valence-electron chi connectivity index (χ1n) is 7.19. The van der Waals surface area contributed by atoms with E-state index in [9.17, 15) is 4.79 Å². The molecule has 0 bridgehead atoms. The Morgan fingerprint density at radius 2 is 2.32 bits per heavy atom. The highest BCUT2D eigenvalue weighted by Crippen LogP contribution is 2.25. The molecule has 0 spiro atoms. The lowest BCUT2D eigenvalue weighted by Gasteiger charge is -2.09. The first-order chi connectivity index (χ1) is 10.7.